The van der Waals surface area contributed by atoms with Crippen molar-refractivity contribution < 1.29 is 14.3 Å². The summed E-state index contributed by atoms with van der Waals surface area (Å²) in [5.41, 5.74) is 1.57. The van der Waals surface area contributed by atoms with Crippen LogP contribution < -0.4 is 10.1 Å². The van der Waals surface area contributed by atoms with Gasteiger partial charge >= 0.3 is 0 Å². The van der Waals surface area contributed by atoms with Crippen LogP contribution in [0.2, 0.25) is 5.02 Å². The third-order valence-electron chi connectivity index (χ3n) is 3.40. The minimum absolute atomic E-state index is 0.0788. The van der Waals surface area contributed by atoms with Gasteiger partial charge in [0.1, 0.15) is 12.0 Å². The normalized spacial score (nSPS) is 11.6. The van der Waals surface area contributed by atoms with Crippen LogP contribution in [0.4, 0.5) is 0 Å². The van der Waals surface area contributed by atoms with Crippen LogP contribution in [0.25, 0.3) is 0 Å². The predicted octanol–water partition coefficient (Wildman–Crippen LogP) is 3.80. The molecule has 4 nitrogen and oxygen atoms in total. The molecule has 2 aromatic rings. The maximum Gasteiger partial charge on any atom is 0.258 e. The molecule has 2 rings (SSSR count). The van der Waals surface area contributed by atoms with Gasteiger partial charge in [-0.3, -0.25) is 9.59 Å². The number of carbonyl (C=O) groups is 2. The summed E-state index contributed by atoms with van der Waals surface area (Å²) in [6.45, 7) is 1.92. The lowest BCUT2D eigenvalue weighted by atomic mass is 10.0. The Labute approximate surface area is 140 Å². The van der Waals surface area contributed by atoms with Crippen LogP contribution in [-0.4, -0.2) is 18.8 Å². The molecule has 5 heteroatoms. The lowest BCUT2D eigenvalue weighted by Crippen LogP contribution is -2.32. The van der Waals surface area contributed by atoms with Gasteiger partial charge in [0, 0.05) is 10.6 Å². The third-order valence-corrected chi connectivity index (χ3v) is 3.65. The standard InChI is InChI=1S/C18H18ClNO3/c1-2-17(14-5-7-15(19)8-6-14)20-18(22)12-23-16-9-3-13(11-21)4-10-16/h3-11,17H,2,12H2,1H3,(H,20,22). The number of ether oxygens (including phenoxy) is 1. The Balaban J connectivity index is 1.89. The number of rotatable bonds is 7. The fraction of sp³-hybridized carbons (Fsp3) is 0.222. The van der Waals surface area contributed by atoms with E-state index >= 15 is 0 Å². The highest BCUT2D eigenvalue weighted by Crippen LogP contribution is 2.19. The van der Waals surface area contributed by atoms with Crippen molar-refractivity contribution in [2.75, 3.05) is 6.61 Å². The maximum absolute atomic E-state index is 12.0. The first kappa shape index (κ1) is 17.0. The zero-order chi connectivity index (χ0) is 16.7. The van der Waals surface area contributed by atoms with Crippen LogP contribution in [0.15, 0.2) is 48.5 Å². The number of carbonyl (C=O) groups excluding carboxylic acids is 2. The van der Waals surface area contributed by atoms with Gasteiger partial charge in [0.05, 0.1) is 6.04 Å². The number of hydrogen-bond acceptors (Lipinski definition) is 3. The average molecular weight is 332 g/mol. The molecule has 0 aliphatic rings. The van der Waals surface area contributed by atoms with Crippen LogP contribution in [0.1, 0.15) is 35.3 Å². The first-order valence-corrected chi connectivity index (χ1v) is 7.73. The summed E-state index contributed by atoms with van der Waals surface area (Å²) < 4.78 is 5.42. The van der Waals surface area contributed by atoms with E-state index in [1.807, 2.05) is 19.1 Å². The fourth-order valence-electron chi connectivity index (χ4n) is 2.14. The van der Waals surface area contributed by atoms with E-state index in [-0.39, 0.29) is 18.6 Å². The van der Waals surface area contributed by atoms with Crippen molar-refractivity contribution in [3.63, 3.8) is 0 Å². The molecule has 0 aliphatic heterocycles. The van der Waals surface area contributed by atoms with E-state index in [0.29, 0.717) is 16.3 Å². The van der Waals surface area contributed by atoms with E-state index in [4.69, 9.17) is 16.3 Å². The molecular formula is C18H18ClNO3. The van der Waals surface area contributed by atoms with Gasteiger partial charge in [-0.2, -0.15) is 0 Å². The largest absolute Gasteiger partial charge is 0.484 e. The Morgan fingerprint density at radius 2 is 1.83 bits per heavy atom. The minimum atomic E-state index is -0.203. The Morgan fingerprint density at radius 1 is 1.17 bits per heavy atom. The number of amides is 1. The number of halogens is 1. The highest BCUT2D eigenvalue weighted by atomic mass is 35.5. The van der Waals surface area contributed by atoms with Crippen LogP contribution in [0.5, 0.6) is 5.75 Å². The van der Waals surface area contributed by atoms with Crippen molar-refractivity contribution in [3.05, 3.63) is 64.7 Å². The van der Waals surface area contributed by atoms with Gasteiger partial charge in [0.2, 0.25) is 0 Å². The third kappa shape index (κ3) is 5.11. The summed E-state index contributed by atoms with van der Waals surface area (Å²) in [5, 5.41) is 3.60. The van der Waals surface area contributed by atoms with Gasteiger partial charge in [0.25, 0.3) is 5.91 Å². The van der Waals surface area contributed by atoms with Crippen molar-refractivity contribution >= 4 is 23.8 Å². The molecule has 0 spiro atoms. The molecule has 0 fully saturated rings. The Morgan fingerprint density at radius 3 is 2.39 bits per heavy atom. The molecule has 0 aromatic heterocycles. The number of nitrogens with one attached hydrogen (secondary N) is 1. The van der Waals surface area contributed by atoms with Crippen LogP contribution in [0.3, 0.4) is 0 Å². The summed E-state index contributed by atoms with van der Waals surface area (Å²) in [7, 11) is 0. The maximum atomic E-state index is 12.0. The second-order valence-corrected chi connectivity index (χ2v) is 5.49. The van der Waals surface area contributed by atoms with E-state index < -0.39 is 0 Å². The van der Waals surface area contributed by atoms with Gasteiger partial charge in [-0.1, -0.05) is 30.7 Å². The summed E-state index contributed by atoms with van der Waals surface area (Å²) in [5.74, 6) is 0.344. The molecular weight excluding hydrogens is 314 g/mol. The van der Waals surface area contributed by atoms with Crippen molar-refractivity contribution in [3.8, 4) is 5.75 Å². The molecule has 1 atom stereocenters. The lowest BCUT2D eigenvalue weighted by molar-refractivity contribution is -0.123. The minimum Gasteiger partial charge on any atom is -0.484 e. The van der Waals surface area contributed by atoms with E-state index in [9.17, 15) is 9.59 Å². The van der Waals surface area contributed by atoms with Gasteiger partial charge in [-0.25, -0.2) is 0 Å². The molecule has 0 saturated heterocycles. The van der Waals surface area contributed by atoms with E-state index in [1.54, 1.807) is 36.4 Å². The molecule has 0 bridgehead atoms. The second-order valence-electron chi connectivity index (χ2n) is 5.06. The first-order chi connectivity index (χ1) is 11.1. The zero-order valence-corrected chi connectivity index (χ0v) is 13.5. The van der Waals surface area contributed by atoms with Crippen LogP contribution in [-0.2, 0) is 4.79 Å². The number of aldehydes is 1. The molecule has 1 N–H and O–H groups in total. The molecule has 0 saturated carbocycles. The van der Waals surface area contributed by atoms with E-state index in [2.05, 4.69) is 5.32 Å². The fourth-order valence-corrected chi connectivity index (χ4v) is 2.27. The van der Waals surface area contributed by atoms with Gasteiger partial charge in [-0.15, -0.1) is 0 Å². The summed E-state index contributed by atoms with van der Waals surface area (Å²) >= 11 is 5.88. The predicted molar refractivity (Wildman–Crippen MR) is 90.0 cm³/mol. The SMILES string of the molecule is CCC(NC(=O)COc1ccc(C=O)cc1)c1ccc(Cl)cc1. The average Bonchev–Trinajstić information content (AvgIpc) is 2.59. The smallest absolute Gasteiger partial charge is 0.258 e. The van der Waals surface area contributed by atoms with Crippen molar-refractivity contribution in [2.45, 2.75) is 19.4 Å². The van der Waals surface area contributed by atoms with Crippen molar-refractivity contribution in [1.82, 2.24) is 5.32 Å². The van der Waals surface area contributed by atoms with Crippen LogP contribution >= 0.6 is 11.6 Å². The summed E-state index contributed by atoms with van der Waals surface area (Å²) in [6.07, 6.45) is 1.52. The van der Waals surface area contributed by atoms with Gasteiger partial charge in [-0.05, 0) is 48.4 Å². The van der Waals surface area contributed by atoms with Crippen molar-refractivity contribution in [2.24, 2.45) is 0 Å². The Hall–Kier alpha value is -2.33. The molecule has 2 aromatic carbocycles. The number of benzene rings is 2. The van der Waals surface area contributed by atoms with Crippen LogP contribution in [0, 0.1) is 0 Å². The first-order valence-electron chi connectivity index (χ1n) is 7.35. The molecule has 0 aliphatic carbocycles. The Kier molecular flexibility index (Phi) is 6.18. The number of hydrogen-bond donors (Lipinski definition) is 1. The molecule has 1 amide bonds. The van der Waals surface area contributed by atoms with Gasteiger partial charge in [0.15, 0.2) is 6.61 Å². The van der Waals surface area contributed by atoms with Gasteiger partial charge < -0.3 is 10.1 Å². The van der Waals surface area contributed by atoms with E-state index in [0.717, 1.165) is 18.3 Å². The summed E-state index contributed by atoms with van der Waals surface area (Å²) in [4.78, 5) is 22.6. The van der Waals surface area contributed by atoms with E-state index in [1.165, 1.54) is 0 Å². The molecule has 120 valence electrons. The molecule has 0 heterocycles. The molecule has 0 radical (unpaired) electrons. The quantitative estimate of drug-likeness (QED) is 0.785. The molecule has 23 heavy (non-hydrogen) atoms. The lowest BCUT2D eigenvalue weighted by Gasteiger charge is -2.17. The highest BCUT2D eigenvalue weighted by molar-refractivity contribution is 6.30. The highest BCUT2D eigenvalue weighted by Gasteiger charge is 2.13. The monoisotopic (exact) mass is 331 g/mol. The second kappa shape index (κ2) is 8.34. The molecule has 1 unspecified atom stereocenters. The van der Waals surface area contributed by atoms with Crippen molar-refractivity contribution in [1.29, 1.82) is 0 Å². The Bertz CT molecular complexity index is 653. The topological polar surface area (TPSA) is 55.4 Å². The summed E-state index contributed by atoms with van der Waals surface area (Å²) in [6, 6.07) is 13.9. The zero-order valence-electron chi connectivity index (χ0n) is 12.8.